The van der Waals surface area contributed by atoms with Gasteiger partial charge in [-0.3, -0.25) is 14.4 Å². The molecule has 3 aromatic heterocycles. The number of hydrogen-bond donors (Lipinski definition) is 1. The number of nitrogens with one attached hydrogen (secondary N) is 1. The Balaban J connectivity index is 1.05. The lowest BCUT2D eigenvalue weighted by Crippen LogP contribution is -2.47. The van der Waals surface area contributed by atoms with Crippen molar-refractivity contribution in [2.24, 2.45) is 0 Å². The van der Waals surface area contributed by atoms with Gasteiger partial charge in [0.05, 0.1) is 11.4 Å². The Morgan fingerprint density at radius 2 is 1.84 bits per heavy atom. The Kier molecular flexibility index (Phi) is 7.71. The topological polar surface area (TPSA) is 138 Å². The van der Waals surface area contributed by atoms with Gasteiger partial charge < -0.3 is 28.9 Å². The number of aromatic nitrogens is 3. The van der Waals surface area contributed by atoms with E-state index < -0.39 is 0 Å². The normalized spacial score (nSPS) is 17.1. The van der Waals surface area contributed by atoms with Gasteiger partial charge in [0.1, 0.15) is 6.26 Å². The molecule has 0 bridgehead atoms. The highest BCUT2D eigenvalue weighted by Gasteiger charge is 2.30. The molecule has 2 saturated heterocycles. The SMILES string of the molecule is O=C(CCCCN1CCCC1=O)c1ccc(N2CCN(c3nc4ncccc4o3)CC2)c(NC(=O)c2coc(C3CC3)n2)c1. The van der Waals surface area contributed by atoms with Crippen LogP contribution in [0, 0.1) is 0 Å². The van der Waals surface area contributed by atoms with Gasteiger partial charge in [-0.15, -0.1) is 0 Å². The number of Topliss-reactive ketones (excluding diaryl/α,β-unsaturated/α-hetero) is 1. The van der Waals surface area contributed by atoms with Crippen molar-refractivity contribution in [2.75, 3.05) is 54.4 Å². The summed E-state index contributed by atoms with van der Waals surface area (Å²) in [5.41, 5.74) is 3.37. The van der Waals surface area contributed by atoms with Crippen LogP contribution >= 0.6 is 0 Å². The number of hydrogen-bond acceptors (Lipinski definition) is 10. The Morgan fingerprint density at radius 1 is 1.00 bits per heavy atom. The van der Waals surface area contributed by atoms with E-state index in [4.69, 9.17) is 8.83 Å². The molecule has 1 N–H and O–H groups in total. The average Bonchev–Trinajstić information content (AvgIpc) is 3.41. The summed E-state index contributed by atoms with van der Waals surface area (Å²) in [7, 11) is 0. The number of amides is 2. The summed E-state index contributed by atoms with van der Waals surface area (Å²) in [6.07, 6.45) is 8.54. The third-order valence-electron chi connectivity index (χ3n) is 8.55. The highest BCUT2D eigenvalue weighted by Crippen LogP contribution is 2.39. The molecule has 12 nitrogen and oxygen atoms in total. The van der Waals surface area contributed by atoms with Gasteiger partial charge in [-0.05, 0) is 62.4 Å². The number of ketones is 1. The number of carbonyl (C=O) groups is 3. The predicted octanol–water partition coefficient (Wildman–Crippen LogP) is 4.64. The Labute approximate surface area is 254 Å². The number of fused-ring (bicyclic) bond motifs is 1. The van der Waals surface area contributed by atoms with Crippen LogP contribution < -0.4 is 15.1 Å². The molecule has 44 heavy (non-hydrogen) atoms. The minimum absolute atomic E-state index is 0.00615. The minimum atomic E-state index is -0.376. The first-order chi connectivity index (χ1) is 21.5. The molecule has 228 valence electrons. The maximum absolute atomic E-state index is 13.3. The van der Waals surface area contributed by atoms with Crippen LogP contribution in [0.3, 0.4) is 0 Å². The van der Waals surface area contributed by atoms with Crippen molar-refractivity contribution in [1.82, 2.24) is 19.9 Å². The summed E-state index contributed by atoms with van der Waals surface area (Å²) in [6, 6.07) is 9.71. The highest BCUT2D eigenvalue weighted by molar-refractivity contribution is 6.06. The molecule has 0 radical (unpaired) electrons. The summed E-state index contributed by atoms with van der Waals surface area (Å²) < 4.78 is 11.5. The first kappa shape index (κ1) is 28.1. The van der Waals surface area contributed by atoms with E-state index >= 15 is 0 Å². The average molecular weight is 598 g/mol. The molecule has 0 spiro atoms. The van der Waals surface area contributed by atoms with Gasteiger partial charge in [0.25, 0.3) is 11.9 Å². The first-order valence-electron chi connectivity index (χ1n) is 15.4. The molecule has 5 heterocycles. The van der Waals surface area contributed by atoms with Gasteiger partial charge >= 0.3 is 0 Å². The molecule has 3 fully saturated rings. The first-order valence-corrected chi connectivity index (χ1v) is 15.4. The number of pyridine rings is 1. The lowest BCUT2D eigenvalue weighted by Gasteiger charge is -2.36. The van der Waals surface area contributed by atoms with Gasteiger partial charge in [-0.1, -0.05) is 0 Å². The fourth-order valence-corrected chi connectivity index (χ4v) is 5.89. The maximum atomic E-state index is 13.3. The Hall–Kier alpha value is -4.74. The smallest absolute Gasteiger partial charge is 0.300 e. The third kappa shape index (κ3) is 6.01. The van der Waals surface area contributed by atoms with Gasteiger partial charge in [-0.25, -0.2) is 9.97 Å². The largest absolute Gasteiger partial charge is 0.448 e. The van der Waals surface area contributed by atoms with E-state index in [1.807, 2.05) is 29.2 Å². The zero-order chi connectivity index (χ0) is 30.0. The number of anilines is 3. The van der Waals surface area contributed by atoms with Crippen LogP contribution in [0.2, 0.25) is 0 Å². The number of rotatable bonds is 11. The van der Waals surface area contributed by atoms with Crippen LogP contribution in [0.1, 0.15) is 77.6 Å². The number of carbonyl (C=O) groups excluding carboxylic acids is 3. The molecule has 1 saturated carbocycles. The zero-order valence-corrected chi connectivity index (χ0v) is 24.5. The van der Waals surface area contributed by atoms with E-state index in [-0.39, 0.29) is 23.3 Å². The van der Waals surface area contributed by atoms with E-state index in [2.05, 4.69) is 30.1 Å². The van der Waals surface area contributed by atoms with Crippen molar-refractivity contribution in [3.8, 4) is 0 Å². The summed E-state index contributed by atoms with van der Waals surface area (Å²) in [5.74, 6) is 0.729. The molecule has 0 unspecified atom stereocenters. The molecular weight excluding hydrogens is 562 g/mol. The molecule has 0 atom stereocenters. The van der Waals surface area contributed by atoms with Crippen molar-refractivity contribution in [3.05, 3.63) is 59.9 Å². The summed E-state index contributed by atoms with van der Waals surface area (Å²) in [4.78, 5) is 57.7. The minimum Gasteiger partial charge on any atom is -0.448 e. The summed E-state index contributed by atoms with van der Waals surface area (Å²) in [5, 5.41) is 3.01. The molecule has 1 aliphatic carbocycles. The van der Waals surface area contributed by atoms with E-state index in [1.54, 1.807) is 12.3 Å². The Bertz CT molecular complexity index is 1650. The second kappa shape index (κ2) is 12.1. The third-order valence-corrected chi connectivity index (χ3v) is 8.55. The van der Waals surface area contributed by atoms with E-state index in [1.165, 1.54) is 6.26 Å². The second-order valence-corrected chi connectivity index (χ2v) is 11.7. The molecule has 3 aliphatic rings. The van der Waals surface area contributed by atoms with Gasteiger partial charge in [0, 0.05) is 69.8 Å². The zero-order valence-electron chi connectivity index (χ0n) is 24.5. The quantitative estimate of drug-likeness (QED) is 0.192. The number of benzene rings is 1. The molecule has 7 rings (SSSR count). The highest BCUT2D eigenvalue weighted by atomic mass is 16.4. The van der Waals surface area contributed by atoms with Crippen LogP contribution in [-0.4, -0.2) is 76.7 Å². The number of piperazine rings is 1. The van der Waals surface area contributed by atoms with Crippen LogP contribution in [0.4, 0.5) is 17.4 Å². The Morgan fingerprint density at radius 3 is 2.61 bits per heavy atom. The number of oxazole rings is 2. The molecule has 1 aromatic carbocycles. The number of unbranched alkanes of at least 4 members (excludes halogenated alkanes) is 1. The monoisotopic (exact) mass is 597 g/mol. The second-order valence-electron chi connectivity index (χ2n) is 11.7. The maximum Gasteiger partial charge on any atom is 0.300 e. The van der Waals surface area contributed by atoms with Crippen molar-refractivity contribution < 1.29 is 23.2 Å². The summed E-state index contributed by atoms with van der Waals surface area (Å²) >= 11 is 0. The molecule has 12 heteroatoms. The van der Waals surface area contributed by atoms with Crippen LogP contribution in [0.5, 0.6) is 0 Å². The van der Waals surface area contributed by atoms with Crippen LogP contribution in [0.25, 0.3) is 11.2 Å². The lowest BCUT2D eigenvalue weighted by molar-refractivity contribution is -0.127. The number of nitrogens with zero attached hydrogens (tertiary/aromatic N) is 6. The molecule has 4 aromatic rings. The van der Waals surface area contributed by atoms with Crippen molar-refractivity contribution in [2.45, 2.75) is 50.9 Å². The van der Waals surface area contributed by atoms with E-state index in [9.17, 15) is 14.4 Å². The fourth-order valence-electron chi connectivity index (χ4n) is 5.89. The van der Waals surface area contributed by atoms with E-state index in [0.717, 1.165) is 37.9 Å². The van der Waals surface area contributed by atoms with Gasteiger partial charge in [0.2, 0.25) is 11.6 Å². The van der Waals surface area contributed by atoms with Crippen molar-refractivity contribution in [3.63, 3.8) is 0 Å². The van der Waals surface area contributed by atoms with Crippen LogP contribution in [-0.2, 0) is 4.79 Å². The fraction of sp³-hybridized carbons (Fsp3) is 0.438. The standard InChI is InChI=1S/C32H35N7O5/c40-26(5-1-2-13-38-14-4-7-28(38)41)22-10-11-25(23(19-22)34-30(42)24-20-43-31(35-24)21-8-9-21)37-15-17-39(18-16-37)32-36-29-27(44-32)6-3-12-33-29/h3,6,10-12,19-21H,1-2,4-5,7-9,13-18H2,(H,34,42). The lowest BCUT2D eigenvalue weighted by atomic mass is 10.0. The molecular formula is C32H35N7O5. The van der Waals surface area contributed by atoms with Crippen LogP contribution in [0.15, 0.2) is 51.6 Å². The molecule has 2 amide bonds. The predicted molar refractivity (Wildman–Crippen MR) is 163 cm³/mol. The van der Waals surface area contributed by atoms with Gasteiger partial charge in [0.15, 0.2) is 23.0 Å². The summed E-state index contributed by atoms with van der Waals surface area (Å²) in [6.45, 7) is 4.15. The van der Waals surface area contributed by atoms with Crippen molar-refractivity contribution >= 4 is 46.2 Å². The van der Waals surface area contributed by atoms with Gasteiger partial charge in [-0.2, -0.15) is 4.98 Å². The van der Waals surface area contributed by atoms with Crippen molar-refractivity contribution in [1.29, 1.82) is 0 Å². The molecule has 2 aliphatic heterocycles. The number of likely N-dealkylation sites (tertiary alicyclic amines) is 1. The van der Waals surface area contributed by atoms with E-state index in [0.29, 0.717) is 92.3 Å².